The predicted molar refractivity (Wildman–Crippen MR) is 102 cm³/mol. The smallest absolute Gasteiger partial charge is 0.234 e. The standard InChI is InChI=1S/C18H16ClN3O2S/c1-11-7-15(16(24-2)8-14(11)19)21-17(23)10-25-18-13-6-4-3-5-12(13)9-20-22-18/h3-9H,10H2,1-2H3,(H,21,23). The molecule has 0 saturated carbocycles. The minimum atomic E-state index is -0.153. The first-order chi connectivity index (χ1) is 12.1. The van der Waals surface area contributed by atoms with Gasteiger partial charge in [0.15, 0.2) is 0 Å². The summed E-state index contributed by atoms with van der Waals surface area (Å²) in [5, 5.41) is 14.3. The van der Waals surface area contributed by atoms with Gasteiger partial charge in [0.2, 0.25) is 5.91 Å². The summed E-state index contributed by atoms with van der Waals surface area (Å²) in [7, 11) is 1.54. The van der Waals surface area contributed by atoms with Gasteiger partial charge in [0.1, 0.15) is 10.8 Å². The molecular weight excluding hydrogens is 358 g/mol. The second-order valence-corrected chi connectivity index (χ2v) is 6.75. The predicted octanol–water partition coefficient (Wildman–Crippen LogP) is 4.33. The Morgan fingerprint density at radius 1 is 1.32 bits per heavy atom. The van der Waals surface area contributed by atoms with Gasteiger partial charge in [-0.25, -0.2) is 0 Å². The van der Waals surface area contributed by atoms with E-state index in [0.29, 0.717) is 16.5 Å². The highest BCUT2D eigenvalue weighted by Gasteiger charge is 2.12. The van der Waals surface area contributed by atoms with Crippen LogP contribution in [0.3, 0.4) is 0 Å². The summed E-state index contributed by atoms with van der Waals surface area (Å²) in [5.41, 5.74) is 1.46. The normalized spacial score (nSPS) is 10.7. The number of benzene rings is 2. The zero-order valence-electron chi connectivity index (χ0n) is 13.7. The zero-order chi connectivity index (χ0) is 17.8. The third-order valence-electron chi connectivity index (χ3n) is 3.63. The van der Waals surface area contributed by atoms with Crippen molar-refractivity contribution in [3.05, 3.63) is 53.2 Å². The Kier molecular flexibility index (Phi) is 5.40. The Hall–Kier alpha value is -2.31. The number of hydrogen-bond donors (Lipinski definition) is 1. The zero-order valence-corrected chi connectivity index (χ0v) is 15.3. The van der Waals surface area contributed by atoms with E-state index >= 15 is 0 Å². The lowest BCUT2D eigenvalue weighted by atomic mass is 10.2. The summed E-state index contributed by atoms with van der Waals surface area (Å²) >= 11 is 7.43. The number of rotatable bonds is 5. The topological polar surface area (TPSA) is 64.1 Å². The van der Waals surface area contributed by atoms with Crippen molar-refractivity contribution in [1.29, 1.82) is 0 Å². The summed E-state index contributed by atoms with van der Waals surface area (Å²) < 4.78 is 5.27. The molecule has 128 valence electrons. The molecular formula is C18H16ClN3O2S. The second kappa shape index (κ2) is 7.72. The molecule has 2 aromatic carbocycles. The van der Waals surface area contributed by atoms with E-state index in [9.17, 15) is 4.79 Å². The molecule has 0 saturated heterocycles. The molecule has 1 N–H and O–H groups in total. The van der Waals surface area contributed by atoms with Gasteiger partial charge in [-0.05, 0) is 18.6 Å². The van der Waals surface area contributed by atoms with Gasteiger partial charge < -0.3 is 10.1 Å². The highest BCUT2D eigenvalue weighted by Crippen LogP contribution is 2.31. The number of nitrogens with zero attached hydrogens (tertiary/aromatic N) is 2. The van der Waals surface area contributed by atoms with E-state index in [1.54, 1.807) is 18.3 Å². The van der Waals surface area contributed by atoms with Gasteiger partial charge in [-0.1, -0.05) is 47.6 Å². The van der Waals surface area contributed by atoms with Gasteiger partial charge in [0.05, 0.1) is 24.7 Å². The van der Waals surface area contributed by atoms with Gasteiger partial charge in [0, 0.05) is 21.9 Å². The quantitative estimate of drug-likeness (QED) is 0.674. The first-order valence-electron chi connectivity index (χ1n) is 7.55. The molecule has 0 radical (unpaired) electrons. The number of amides is 1. The van der Waals surface area contributed by atoms with E-state index in [-0.39, 0.29) is 11.7 Å². The van der Waals surface area contributed by atoms with Crippen molar-refractivity contribution < 1.29 is 9.53 Å². The number of carbonyl (C=O) groups excluding carboxylic acids is 1. The number of aryl methyl sites for hydroxylation is 1. The largest absolute Gasteiger partial charge is 0.495 e. The van der Waals surface area contributed by atoms with Crippen LogP contribution >= 0.6 is 23.4 Å². The van der Waals surface area contributed by atoms with Gasteiger partial charge in [-0.3, -0.25) is 4.79 Å². The lowest BCUT2D eigenvalue weighted by molar-refractivity contribution is -0.113. The Balaban J connectivity index is 1.72. The first kappa shape index (κ1) is 17.5. The van der Waals surface area contributed by atoms with E-state index in [1.165, 1.54) is 18.9 Å². The maximum absolute atomic E-state index is 12.3. The number of anilines is 1. The average molecular weight is 374 g/mol. The van der Waals surface area contributed by atoms with Gasteiger partial charge >= 0.3 is 0 Å². The molecule has 3 aromatic rings. The van der Waals surface area contributed by atoms with Gasteiger partial charge in [0.25, 0.3) is 0 Å². The highest BCUT2D eigenvalue weighted by atomic mass is 35.5. The van der Waals surface area contributed by atoms with Crippen LogP contribution in [0.15, 0.2) is 47.6 Å². The van der Waals surface area contributed by atoms with Crippen LogP contribution in [0.4, 0.5) is 5.69 Å². The summed E-state index contributed by atoms with van der Waals surface area (Å²) in [6.45, 7) is 1.87. The molecule has 0 aliphatic carbocycles. The molecule has 0 aliphatic rings. The lowest BCUT2D eigenvalue weighted by Crippen LogP contribution is -2.15. The van der Waals surface area contributed by atoms with Crippen LogP contribution in [0.2, 0.25) is 5.02 Å². The fraction of sp³-hybridized carbons (Fsp3) is 0.167. The second-order valence-electron chi connectivity index (χ2n) is 5.38. The van der Waals surface area contributed by atoms with E-state index in [0.717, 1.165) is 21.4 Å². The number of methoxy groups -OCH3 is 1. The van der Waals surface area contributed by atoms with E-state index in [4.69, 9.17) is 16.3 Å². The van der Waals surface area contributed by atoms with Crippen molar-refractivity contribution in [2.24, 2.45) is 0 Å². The molecule has 1 amide bonds. The number of thioether (sulfide) groups is 1. The molecule has 3 rings (SSSR count). The monoisotopic (exact) mass is 373 g/mol. The molecule has 0 fully saturated rings. The third kappa shape index (κ3) is 4.03. The summed E-state index contributed by atoms with van der Waals surface area (Å²) in [4.78, 5) is 12.3. The maximum atomic E-state index is 12.3. The first-order valence-corrected chi connectivity index (χ1v) is 8.92. The minimum Gasteiger partial charge on any atom is -0.495 e. The van der Waals surface area contributed by atoms with Crippen molar-refractivity contribution in [2.45, 2.75) is 11.9 Å². The number of fused-ring (bicyclic) bond motifs is 1. The molecule has 7 heteroatoms. The molecule has 0 aliphatic heterocycles. The Bertz CT molecular complexity index is 928. The highest BCUT2D eigenvalue weighted by molar-refractivity contribution is 8.00. The summed E-state index contributed by atoms with van der Waals surface area (Å²) in [6.07, 6.45) is 1.71. The third-order valence-corrected chi connectivity index (χ3v) is 5.02. The molecule has 0 unspecified atom stereocenters. The number of carbonyl (C=O) groups is 1. The lowest BCUT2D eigenvalue weighted by Gasteiger charge is -2.12. The number of halogens is 1. The Morgan fingerprint density at radius 3 is 2.92 bits per heavy atom. The minimum absolute atomic E-state index is 0.153. The van der Waals surface area contributed by atoms with E-state index in [1.807, 2.05) is 31.2 Å². The van der Waals surface area contributed by atoms with Gasteiger partial charge in [-0.15, -0.1) is 5.10 Å². The van der Waals surface area contributed by atoms with Crippen molar-refractivity contribution in [1.82, 2.24) is 10.2 Å². The molecule has 5 nitrogen and oxygen atoms in total. The van der Waals surface area contributed by atoms with Crippen molar-refractivity contribution in [3.8, 4) is 5.75 Å². The number of hydrogen-bond acceptors (Lipinski definition) is 5. The fourth-order valence-corrected chi connectivity index (χ4v) is 3.30. The Morgan fingerprint density at radius 2 is 2.12 bits per heavy atom. The summed E-state index contributed by atoms with van der Waals surface area (Å²) in [6, 6.07) is 11.3. The fourth-order valence-electron chi connectivity index (χ4n) is 2.36. The van der Waals surface area contributed by atoms with Crippen LogP contribution < -0.4 is 10.1 Å². The maximum Gasteiger partial charge on any atom is 0.234 e. The van der Waals surface area contributed by atoms with E-state index in [2.05, 4.69) is 15.5 Å². The van der Waals surface area contributed by atoms with Crippen molar-refractivity contribution in [2.75, 3.05) is 18.2 Å². The molecule has 1 heterocycles. The molecule has 0 bridgehead atoms. The van der Waals surface area contributed by atoms with Crippen molar-refractivity contribution >= 4 is 45.7 Å². The number of nitrogens with one attached hydrogen (secondary N) is 1. The van der Waals surface area contributed by atoms with Crippen LogP contribution in [0.25, 0.3) is 10.8 Å². The molecule has 1 aromatic heterocycles. The van der Waals surface area contributed by atoms with E-state index < -0.39 is 0 Å². The molecule has 25 heavy (non-hydrogen) atoms. The van der Waals surface area contributed by atoms with Crippen LogP contribution in [0.1, 0.15) is 5.56 Å². The van der Waals surface area contributed by atoms with Crippen LogP contribution in [0.5, 0.6) is 5.75 Å². The molecule has 0 spiro atoms. The van der Waals surface area contributed by atoms with Crippen LogP contribution in [0, 0.1) is 6.92 Å². The average Bonchev–Trinajstić information content (AvgIpc) is 2.62. The Labute approximate surface area is 154 Å². The van der Waals surface area contributed by atoms with Crippen LogP contribution in [-0.4, -0.2) is 29.0 Å². The van der Waals surface area contributed by atoms with Crippen LogP contribution in [-0.2, 0) is 4.79 Å². The molecule has 0 atom stereocenters. The number of ether oxygens (including phenoxy) is 1. The SMILES string of the molecule is COc1cc(Cl)c(C)cc1NC(=O)CSc1nncc2ccccc12. The van der Waals surface area contributed by atoms with Gasteiger partial charge in [-0.2, -0.15) is 5.10 Å². The number of aromatic nitrogens is 2. The van der Waals surface area contributed by atoms with Crippen molar-refractivity contribution in [3.63, 3.8) is 0 Å². The summed E-state index contributed by atoms with van der Waals surface area (Å²) in [5.74, 6) is 0.590.